The average Bonchev–Trinajstić information content (AvgIpc) is 3.22. The van der Waals surface area contributed by atoms with E-state index in [1.54, 1.807) is 4.90 Å². The molecule has 4 aliphatic rings. The number of hydrogen-bond acceptors (Lipinski definition) is 3. The summed E-state index contributed by atoms with van der Waals surface area (Å²) in [7, 11) is 0. The van der Waals surface area contributed by atoms with Crippen LogP contribution in [0.3, 0.4) is 0 Å². The molecule has 202 valence electrons. The number of fused-ring (bicyclic) bond motifs is 1. The summed E-state index contributed by atoms with van der Waals surface area (Å²) in [6.07, 6.45) is 1.01. The highest BCUT2D eigenvalue weighted by Crippen LogP contribution is 2.53. The van der Waals surface area contributed by atoms with Gasteiger partial charge in [0.25, 0.3) is 5.91 Å². The molecule has 0 aromatic heterocycles. The standard InChI is InChI=1S/C30H34F3N3O2/c31-30(32,33)22-8-4-7-21(15-22)29(38)35-14-13-23(16-35)34-28(37)27-25-17-36(18-26(25)27)24-11-9-20(10-12-24)19-5-2-1-3-6-19/h1-8,15,20,23-27H,9-14,16-18H2,(H,34,37)/t20?,23-,24?,25-,26+,27?/m0/s1. The first-order valence-electron chi connectivity index (χ1n) is 13.8. The van der Waals surface area contributed by atoms with Crippen molar-refractivity contribution in [2.24, 2.45) is 17.8 Å². The molecule has 0 spiro atoms. The molecule has 2 amide bonds. The van der Waals surface area contributed by atoms with E-state index in [4.69, 9.17) is 0 Å². The van der Waals surface area contributed by atoms with Gasteiger partial charge in [0.05, 0.1) is 5.56 Å². The lowest BCUT2D eigenvalue weighted by Crippen LogP contribution is -2.42. The summed E-state index contributed by atoms with van der Waals surface area (Å²) >= 11 is 0. The highest BCUT2D eigenvalue weighted by molar-refractivity contribution is 5.94. The van der Waals surface area contributed by atoms with E-state index in [2.05, 4.69) is 40.5 Å². The molecule has 2 aliphatic heterocycles. The van der Waals surface area contributed by atoms with E-state index in [1.165, 1.54) is 43.4 Å². The summed E-state index contributed by atoms with van der Waals surface area (Å²) in [5, 5.41) is 3.13. The van der Waals surface area contributed by atoms with Gasteiger partial charge in [0.15, 0.2) is 0 Å². The predicted octanol–water partition coefficient (Wildman–Crippen LogP) is 4.94. The number of piperidine rings is 1. The van der Waals surface area contributed by atoms with Crippen LogP contribution in [0, 0.1) is 17.8 Å². The van der Waals surface area contributed by atoms with Crippen LogP contribution in [0.2, 0.25) is 0 Å². The van der Waals surface area contributed by atoms with Crippen LogP contribution in [0.5, 0.6) is 0 Å². The molecular weight excluding hydrogens is 491 g/mol. The minimum absolute atomic E-state index is 0.0291. The van der Waals surface area contributed by atoms with Gasteiger partial charge in [0.2, 0.25) is 5.91 Å². The second-order valence-corrected chi connectivity index (χ2v) is 11.5. The first-order chi connectivity index (χ1) is 18.3. The van der Waals surface area contributed by atoms with Crippen LogP contribution in [-0.2, 0) is 11.0 Å². The summed E-state index contributed by atoms with van der Waals surface area (Å²) in [6, 6.07) is 15.8. The number of likely N-dealkylation sites (tertiary alicyclic amines) is 2. The Bertz CT molecular complexity index is 1170. The van der Waals surface area contributed by atoms with E-state index < -0.39 is 17.6 Å². The Kier molecular flexibility index (Phi) is 6.70. The number of amides is 2. The number of carbonyl (C=O) groups is 2. The zero-order chi connectivity index (χ0) is 26.4. The van der Waals surface area contributed by atoms with Gasteiger partial charge >= 0.3 is 6.18 Å². The fourth-order valence-electron chi connectivity index (χ4n) is 7.12. The van der Waals surface area contributed by atoms with Crippen LogP contribution >= 0.6 is 0 Å². The van der Waals surface area contributed by atoms with Gasteiger partial charge in [-0.2, -0.15) is 13.2 Å². The Morgan fingerprint density at radius 3 is 2.24 bits per heavy atom. The molecule has 4 atom stereocenters. The van der Waals surface area contributed by atoms with Crippen molar-refractivity contribution < 1.29 is 22.8 Å². The van der Waals surface area contributed by atoms with Crippen molar-refractivity contribution in [3.05, 3.63) is 71.3 Å². The Labute approximate surface area is 221 Å². The monoisotopic (exact) mass is 525 g/mol. The van der Waals surface area contributed by atoms with E-state index >= 15 is 0 Å². The number of halogens is 3. The van der Waals surface area contributed by atoms with Crippen molar-refractivity contribution in [3.63, 3.8) is 0 Å². The molecule has 0 radical (unpaired) electrons. The third-order valence-corrected chi connectivity index (χ3v) is 9.27. The maximum atomic E-state index is 13.0. The predicted molar refractivity (Wildman–Crippen MR) is 137 cm³/mol. The van der Waals surface area contributed by atoms with Gasteiger partial charge in [-0.15, -0.1) is 0 Å². The number of alkyl halides is 3. The van der Waals surface area contributed by atoms with Gasteiger partial charge < -0.3 is 10.2 Å². The van der Waals surface area contributed by atoms with E-state index in [9.17, 15) is 22.8 Å². The molecule has 0 bridgehead atoms. The van der Waals surface area contributed by atoms with Crippen LogP contribution in [0.25, 0.3) is 0 Å². The van der Waals surface area contributed by atoms with Crippen molar-refractivity contribution in [2.75, 3.05) is 26.2 Å². The molecule has 6 rings (SSSR count). The Morgan fingerprint density at radius 1 is 0.842 bits per heavy atom. The van der Waals surface area contributed by atoms with Crippen molar-refractivity contribution in [1.82, 2.24) is 15.1 Å². The topological polar surface area (TPSA) is 52.7 Å². The zero-order valence-electron chi connectivity index (χ0n) is 21.4. The van der Waals surface area contributed by atoms with Crippen LogP contribution < -0.4 is 5.32 Å². The Balaban J connectivity index is 0.953. The molecule has 2 saturated carbocycles. The maximum absolute atomic E-state index is 13.0. The molecule has 2 aromatic carbocycles. The van der Waals surface area contributed by atoms with Crippen molar-refractivity contribution in [3.8, 4) is 0 Å². The number of hydrogen-bond donors (Lipinski definition) is 1. The number of nitrogens with one attached hydrogen (secondary N) is 1. The van der Waals surface area contributed by atoms with Gasteiger partial charge in [-0.05, 0) is 73.6 Å². The van der Waals surface area contributed by atoms with Gasteiger partial charge in [-0.25, -0.2) is 0 Å². The second-order valence-electron chi connectivity index (χ2n) is 11.5. The van der Waals surface area contributed by atoms with Gasteiger partial charge in [0.1, 0.15) is 0 Å². The molecule has 2 aromatic rings. The van der Waals surface area contributed by atoms with Crippen LogP contribution in [0.4, 0.5) is 13.2 Å². The molecule has 38 heavy (non-hydrogen) atoms. The lowest BCUT2D eigenvalue weighted by molar-refractivity contribution is -0.137. The zero-order valence-corrected chi connectivity index (χ0v) is 21.4. The van der Waals surface area contributed by atoms with Crippen LogP contribution in [-0.4, -0.2) is 59.9 Å². The minimum atomic E-state index is -4.49. The molecule has 2 saturated heterocycles. The summed E-state index contributed by atoms with van der Waals surface area (Å²) in [5.41, 5.74) is 0.654. The Morgan fingerprint density at radius 2 is 1.55 bits per heavy atom. The van der Waals surface area contributed by atoms with Crippen molar-refractivity contribution in [2.45, 2.75) is 56.3 Å². The van der Waals surface area contributed by atoms with Crippen molar-refractivity contribution in [1.29, 1.82) is 0 Å². The second kappa shape index (κ2) is 10.0. The third kappa shape index (κ3) is 5.07. The normalized spacial score (nSPS) is 31.2. The smallest absolute Gasteiger partial charge is 0.351 e. The number of nitrogens with zero attached hydrogens (tertiary/aromatic N) is 2. The lowest BCUT2D eigenvalue weighted by atomic mass is 9.81. The lowest BCUT2D eigenvalue weighted by Gasteiger charge is -2.36. The van der Waals surface area contributed by atoms with Crippen LogP contribution in [0.15, 0.2) is 54.6 Å². The van der Waals surface area contributed by atoms with Crippen molar-refractivity contribution >= 4 is 11.8 Å². The highest BCUT2D eigenvalue weighted by atomic mass is 19.4. The summed E-state index contributed by atoms with van der Waals surface area (Å²) in [5.74, 6) is 1.21. The van der Waals surface area contributed by atoms with E-state index in [1.807, 2.05) is 0 Å². The molecule has 1 unspecified atom stereocenters. The summed E-state index contributed by atoms with van der Waals surface area (Å²) in [4.78, 5) is 29.9. The molecule has 5 nitrogen and oxygen atoms in total. The number of carbonyl (C=O) groups excluding carboxylic acids is 2. The number of benzene rings is 2. The maximum Gasteiger partial charge on any atom is 0.416 e. The number of rotatable bonds is 5. The fraction of sp³-hybridized carbons (Fsp3) is 0.533. The summed E-state index contributed by atoms with van der Waals surface area (Å²) in [6.45, 7) is 2.75. The molecule has 2 aliphatic carbocycles. The largest absolute Gasteiger partial charge is 0.416 e. The van der Waals surface area contributed by atoms with Crippen LogP contribution in [0.1, 0.15) is 59.5 Å². The molecule has 2 heterocycles. The van der Waals surface area contributed by atoms with Gasteiger partial charge in [-0.3, -0.25) is 14.5 Å². The summed E-state index contributed by atoms with van der Waals surface area (Å²) < 4.78 is 39.1. The van der Waals surface area contributed by atoms with E-state index in [-0.39, 0.29) is 23.4 Å². The average molecular weight is 526 g/mol. The van der Waals surface area contributed by atoms with E-state index in [0.717, 1.165) is 25.2 Å². The molecular formula is C30H34F3N3O2. The fourth-order valence-corrected chi connectivity index (χ4v) is 7.12. The minimum Gasteiger partial charge on any atom is -0.351 e. The third-order valence-electron chi connectivity index (χ3n) is 9.27. The first kappa shape index (κ1) is 25.4. The molecule has 8 heteroatoms. The quantitative estimate of drug-likeness (QED) is 0.602. The molecule has 1 N–H and O–H groups in total. The first-order valence-corrected chi connectivity index (χ1v) is 13.8. The van der Waals surface area contributed by atoms with Gasteiger partial charge in [-0.1, -0.05) is 36.4 Å². The highest BCUT2D eigenvalue weighted by Gasteiger charge is 2.60. The van der Waals surface area contributed by atoms with Gasteiger partial charge in [0, 0.05) is 49.7 Å². The SMILES string of the molecule is O=C(N[C@H]1CCN(C(=O)c2cccc(C(F)(F)F)c2)C1)C1[C@H]2CN(C3CCC(c4ccccc4)CC3)C[C@@H]12. The molecule has 4 fully saturated rings. The Hall–Kier alpha value is -2.87. The van der Waals surface area contributed by atoms with E-state index in [0.29, 0.717) is 43.3 Å².